The van der Waals surface area contributed by atoms with Crippen molar-refractivity contribution in [2.75, 3.05) is 23.3 Å². The van der Waals surface area contributed by atoms with Crippen LogP contribution < -0.4 is 10.2 Å². The second-order valence-electron chi connectivity index (χ2n) is 6.32. The second kappa shape index (κ2) is 6.92. The van der Waals surface area contributed by atoms with Crippen LogP contribution in [0.4, 0.5) is 15.8 Å². The average Bonchev–Trinajstić information content (AvgIpc) is 3.15. The Morgan fingerprint density at radius 1 is 1.12 bits per heavy atom. The Balaban J connectivity index is 1.62. The summed E-state index contributed by atoms with van der Waals surface area (Å²) in [7, 11) is 0. The Labute approximate surface area is 155 Å². The molecule has 1 saturated heterocycles. The molecule has 1 amide bonds. The lowest BCUT2D eigenvalue weighted by Crippen LogP contribution is -2.19. The maximum Gasteiger partial charge on any atom is 0.256 e. The van der Waals surface area contributed by atoms with Crippen LogP contribution in [0.25, 0.3) is 10.9 Å². The highest BCUT2D eigenvalue weighted by molar-refractivity contribution is 6.30. The minimum Gasteiger partial charge on any atom is -0.369 e. The van der Waals surface area contributed by atoms with Crippen LogP contribution in [0, 0.1) is 5.82 Å². The summed E-state index contributed by atoms with van der Waals surface area (Å²) in [6.45, 7) is 1.73. The molecule has 1 aliphatic rings. The average molecular weight is 370 g/mol. The van der Waals surface area contributed by atoms with Gasteiger partial charge in [-0.2, -0.15) is 0 Å². The van der Waals surface area contributed by atoms with Crippen LogP contribution in [0.3, 0.4) is 0 Å². The molecule has 0 unspecified atom stereocenters. The van der Waals surface area contributed by atoms with Gasteiger partial charge >= 0.3 is 0 Å². The number of carbonyl (C=O) groups is 1. The van der Waals surface area contributed by atoms with Crippen molar-refractivity contribution in [3.8, 4) is 0 Å². The van der Waals surface area contributed by atoms with E-state index in [0.717, 1.165) is 25.9 Å². The molecule has 3 aromatic rings. The number of halogens is 2. The van der Waals surface area contributed by atoms with Crippen LogP contribution in [0.1, 0.15) is 23.2 Å². The predicted octanol–water partition coefficient (Wildman–Crippen LogP) is 4.88. The highest BCUT2D eigenvalue weighted by Gasteiger charge is 2.17. The summed E-state index contributed by atoms with van der Waals surface area (Å²) in [5.41, 5.74) is 2.04. The van der Waals surface area contributed by atoms with Gasteiger partial charge in [0.05, 0.1) is 16.8 Å². The summed E-state index contributed by atoms with van der Waals surface area (Å²) < 4.78 is 14.4. The molecular weight excluding hydrogens is 353 g/mol. The predicted molar refractivity (Wildman–Crippen MR) is 103 cm³/mol. The van der Waals surface area contributed by atoms with Crippen molar-refractivity contribution in [1.29, 1.82) is 0 Å². The van der Waals surface area contributed by atoms with Gasteiger partial charge in [-0.15, -0.1) is 0 Å². The second-order valence-corrected chi connectivity index (χ2v) is 6.71. The summed E-state index contributed by atoms with van der Waals surface area (Å²) in [5, 5.41) is 3.69. The molecule has 0 saturated carbocycles. The molecule has 4 nitrogen and oxygen atoms in total. The quantitative estimate of drug-likeness (QED) is 0.669. The monoisotopic (exact) mass is 369 g/mol. The van der Waals surface area contributed by atoms with E-state index in [0.29, 0.717) is 27.8 Å². The van der Waals surface area contributed by atoms with E-state index in [4.69, 9.17) is 11.6 Å². The van der Waals surface area contributed by atoms with Crippen molar-refractivity contribution in [3.63, 3.8) is 0 Å². The molecule has 2 heterocycles. The lowest BCUT2D eigenvalue weighted by Gasteiger charge is -2.19. The molecule has 2 aromatic carbocycles. The van der Waals surface area contributed by atoms with Crippen molar-refractivity contribution in [2.45, 2.75) is 12.8 Å². The smallest absolute Gasteiger partial charge is 0.256 e. The minimum atomic E-state index is -0.348. The third-order valence-corrected chi connectivity index (χ3v) is 4.78. The molecule has 4 rings (SSSR count). The number of carbonyl (C=O) groups excluding carboxylic acids is 1. The van der Waals surface area contributed by atoms with Gasteiger partial charge in [-0.1, -0.05) is 29.8 Å². The van der Waals surface area contributed by atoms with Gasteiger partial charge < -0.3 is 10.2 Å². The molecule has 0 radical (unpaired) electrons. The molecule has 0 spiro atoms. The van der Waals surface area contributed by atoms with Crippen LogP contribution in [0.2, 0.25) is 5.15 Å². The van der Waals surface area contributed by atoms with Gasteiger partial charge in [0.1, 0.15) is 11.0 Å². The molecule has 1 N–H and O–H groups in total. The summed E-state index contributed by atoms with van der Waals surface area (Å²) in [6.07, 6.45) is 2.15. The van der Waals surface area contributed by atoms with Crippen molar-refractivity contribution in [2.24, 2.45) is 0 Å². The van der Waals surface area contributed by atoms with E-state index in [2.05, 4.69) is 10.3 Å². The molecule has 1 aromatic heterocycles. The summed E-state index contributed by atoms with van der Waals surface area (Å²) >= 11 is 6.03. The minimum absolute atomic E-state index is 0.240. The number of para-hydroxylation sites is 1. The third-order valence-electron chi connectivity index (χ3n) is 4.58. The molecule has 26 heavy (non-hydrogen) atoms. The molecule has 1 aliphatic heterocycles. The van der Waals surface area contributed by atoms with Gasteiger partial charge in [0.25, 0.3) is 5.91 Å². The number of nitrogens with zero attached hydrogens (tertiary/aromatic N) is 2. The van der Waals surface area contributed by atoms with Crippen molar-refractivity contribution >= 4 is 39.8 Å². The maximum absolute atomic E-state index is 14.4. The molecule has 0 bridgehead atoms. The zero-order valence-electron chi connectivity index (χ0n) is 14.0. The molecule has 1 fully saturated rings. The largest absolute Gasteiger partial charge is 0.369 e. The van der Waals surface area contributed by atoms with E-state index in [9.17, 15) is 9.18 Å². The zero-order valence-corrected chi connectivity index (χ0v) is 14.8. The van der Waals surface area contributed by atoms with E-state index < -0.39 is 0 Å². The van der Waals surface area contributed by atoms with Crippen molar-refractivity contribution in [1.82, 2.24) is 4.98 Å². The van der Waals surface area contributed by atoms with Gasteiger partial charge in [-0.25, -0.2) is 9.37 Å². The van der Waals surface area contributed by atoms with Crippen LogP contribution >= 0.6 is 11.6 Å². The van der Waals surface area contributed by atoms with Crippen molar-refractivity contribution < 1.29 is 9.18 Å². The fourth-order valence-corrected chi connectivity index (χ4v) is 3.53. The fraction of sp³-hybridized carbons (Fsp3) is 0.200. The Bertz CT molecular complexity index is 986. The highest BCUT2D eigenvalue weighted by Crippen LogP contribution is 2.27. The first kappa shape index (κ1) is 16.8. The number of nitrogens with one attached hydrogen (secondary N) is 1. The van der Waals surface area contributed by atoms with E-state index in [1.807, 2.05) is 23.1 Å². The van der Waals surface area contributed by atoms with Crippen LogP contribution in [-0.2, 0) is 0 Å². The lowest BCUT2D eigenvalue weighted by atomic mass is 10.1. The Morgan fingerprint density at radius 2 is 1.88 bits per heavy atom. The number of benzene rings is 2. The molecule has 132 valence electrons. The first-order chi connectivity index (χ1) is 12.6. The van der Waals surface area contributed by atoms with Gasteiger partial charge in [-0.3, -0.25) is 4.79 Å². The Kier molecular flexibility index (Phi) is 4.47. The summed E-state index contributed by atoms with van der Waals surface area (Å²) in [5.74, 6) is -0.679. The zero-order chi connectivity index (χ0) is 18.1. The Morgan fingerprint density at radius 3 is 2.65 bits per heavy atom. The number of fused-ring (bicyclic) bond motifs is 1. The third kappa shape index (κ3) is 3.22. The van der Waals surface area contributed by atoms with Crippen LogP contribution in [0.15, 0.2) is 48.5 Å². The van der Waals surface area contributed by atoms with Gasteiger partial charge in [0.15, 0.2) is 0 Å². The van der Waals surface area contributed by atoms with Gasteiger partial charge in [0, 0.05) is 24.2 Å². The van der Waals surface area contributed by atoms with E-state index in [1.165, 1.54) is 12.1 Å². The van der Waals surface area contributed by atoms with Gasteiger partial charge in [0.2, 0.25) is 0 Å². The standard InChI is InChI=1S/C20H17ClFN3O/c21-19-12-15(14-5-1-2-6-17(14)24-19)20(26)23-13-7-8-18(16(22)11-13)25-9-3-4-10-25/h1-2,5-8,11-12H,3-4,9-10H2,(H,23,26). The fourth-order valence-electron chi connectivity index (χ4n) is 3.33. The SMILES string of the molecule is O=C(Nc1ccc(N2CCCC2)c(F)c1)c1cc(Cl)nc2ccccc12. The lowest BCUT2D eigenvalue weighted by molar-refractivity contribution is 0.102. The van der Waals surface area contributed by atoms with Crippen molar-refractivity contribution in [3.05, 3.63) is 65.1 Å². The number of rotatable bonds is 3. The van der Waals surface area contributed by atoms with Crippen LogP contribution in [0.5, 0.6) is 0 Å². The number of pyridine rings is 1. The number of hydrogen-bond donors (Lipinski definition) is 1. The molecule has 0 atom stereocenters. The summed E-state index contributed by atoms with van der Waals surface area (Å²) in [4.78, 5) is 18.9. The normalized spacial score (nSPS) is 14.0. The first-order valence-electron chi connectivity index (χ1n) is 8.53. The number of aromatic nitrogens is 1. The summed E-state index contributed by atoms with van der Waals surface area (Å²) in [6, 6.07) is 13.6. The van der Waals surface area contributed by atoms with E-state index in [-0.39, 0.29) is 16.9 Å². The number of anilines is 2. The van der Waals surface area contributed by atoms with Gasteiger partial charge in [-0.05, 0) is 43.2 Å². The van der Waals surface area contributed by atoms with Crippen LogP contribution in [-0.4, -0.2) is 24.0 Å². The first-order valence-corrected chi connectivity index (χ1v) is 8.91. The number of hydrogen-bond acceptors (Lipinski definition) is 3. The molecule has 6 heteroatoms. The highest BCUT2D eigenvalue weighted by atomic mass is 35.5. The molecule has 0 aliphatic carbocycles. The van der Waals surface area contributed by atoms with E-state index in [1.54, 1.807) is 18.2 Å². The van der Waals surface area contributed by atoms with E-state index >= 15 is 0 Å². The number of amides is 1. The maximum atomic E-state index is 14.4. The topological polar surface area (TPSA) is 45.2 Å². The Hall–Kier alpha value is -2.66. The molecular formula is C20H17ClFN3O.